The molecule has 1 amide bonds. The minimum absolute atomic E-state index is 0.0714. The van der Waals surface area contributed by atoms with Crippen molar-refractivity contribution in [3.63, 3.8) is 0 Å². The van der Waals surface area contributed by atoms with Crippen LogP contribution in [0.4, 0.5) is 0 Å². The topological polar surface area (TPSA) is 66.4 Å². The molecule has 0 saturated heterocycles. The average Bonchev–Trinajstić information content (AvgIpc) is 2.66. The summed E-state index contributed by atoms with van der Waals surface area (Å²) in [5.41, 5.74) is 0. The van der Waals surface area contributed by atoms with Gasteiger partial charge in [-0.25, -0.2) is 0 Å². The molecule has 1 aliphatic carbocycles. The molecule has 1 aliphatic rings. The molecule has 4 nitrogen and oxygen atoms in total. The molecule has 4 heteroatoms. The van der Waals surface area contributed by atoms with Crippen LogP contribution in [0.25, 0.3) is 0 Å². The van der Waals surface area contributed by atoms with Crippen LogP contribution < -0.4 is 5.32 Å². The smallest absolute Gasteiger partial charge is 0.307 e. The van der Waals surface area contributed by atoms with Crippen LogP contribution in [0.2, 0.25) is 0 Å². The Morgan fingerprint density at radius 1 is 1.24 bits per heavy atom. The second-order valence-corrected chi connectivity index (χ2v) is 5.13. The molecule has 1 fully saturated rings. The van der Waals surface area contributed by atoms with Crippen molar-refractivity contribution >= 4 is 11.9 Å². The van der Waals surface area contributed by atoms with E-state index in [4.69, 9.17) is 5.11 Å². The largest absolute Gasteiger partial charge is 0.481 e. The van der Waals surface area contributed by atoms with Gasteiger partial charge in [-0.05, 0) is 25.2 Å². The first-order valence-corrected chi connectivity index (χ1v) is 6.56. The molecule has 1 rings (SSSR count). The summed E-state index contributed by atoms with van der Waals surface area (Å²) in [4.78, 5) is 23.0. The van der Waals surface area contributed by atoms with Crippen LogP contribution in [0.15, 0.2) is 0 Å². The van der Waals surface area contributed by atoms with E-state index in [9.17, 15) is 9.59 Å². The monoisotopic (exact) mass is 241 g/mol. The van der Waals surface area contributed by atoms with Crippen LogP contribution in [0.1, 0.15) is 46.0 Å². The van der Waals surface area contributed by atoms with E-state index in [-0.39, 0.29) is 11.8 Å². The van der Waals surface area contributed by atoms with Crippen molar-refractivity contribution in [3.8, 4) is 0 Å². The summed E-state index contributed by atoms with van der Waals surface area (Å²) in [6.07, 6.45) is 4.53. The number of carbonyl (C=O) groups is 2. The third-order valence-electron chi connectivity index (χ3n) is 3.53. The van der Waals surface area contributed by atoms with Crippen molar-refractivity contribution in [1.29, 1.82) is 0 Å². The number of hydrogen-bond acceptors (Lipinski definition) is 2. The highest BCUT2D eigenvalue weighted by atomic mass is 16.4. The van der Waals surface area contributed by atoms with Gasteiger partial charge in [-0.3, -0.25) is 9.59 Å². The van der Waals surface area contributed by atoms with Gasteiger partial charge in [0.25, 0.3) is 0 Å². The Morgan fingerprint density at radius 2 is 1.88 bits per heavy atom. The van der Waals surface area contributed by atoms with Crippen molar-refractivity contribution in [1.82, 2.24) is 5.32 Å². The predicted molar refractivity (Wildman–Crippen MR) is 65.5 cm³/mol. The molecule has 3 atom stereocenters. The van der Waals surface area contributed by atoms with Gasteiger partial charge in [0.2, 0.25) is 5.91 Å². The molecule has 2 N–H and O–H groups in total. The van der Waals surface area contributed by atoms with Crippen molar-refractivity contribution in [3.05, 3.63) is 0 Å². The fraction of sp³-hybridized carbons (Fsp3) is 0.846. The van der Waals surface area contributed by atoms with E-state index in [0.717, 1.165) is 19.3 Å². The third kappa shape index (κ3) is 4.02. The Morgan fingerprint density at radius 3 is 2.47 bits per heavy atom. The first kappa shape index (κ1) is 14.0. The number of nitrogens with one attached hydrogen (secondary N) is 1. The molecule has 98 valence electrons. The van der Waals surface area contributed by atoms with Crippen LogP contribution in [-0.2, 0) is 9.59 Å². The Balaban J connectivity index is 2.41. The van der Waals surface area contributed by atoms with Crippen molar-refractivity contribution < 1.29 is 14.7 Å². The van der Waals surface area contributed by atoms with Crippen LogP contribution in [-0.4, -0.2) is 23.5 Å². The minimum Gasteiger partial charge on any atom is -0.481 e. The van der Waals surface area contributed by atoms with Crippen molar-refractivity contribution in [2.75, 3.05) is 6.54 Å². The van der Waals surface area contributed by atoms with Gasteiger partial charge in [-0.1, -0.05) is 26.7 Å². The highest BCUT2D eigenvalue weighted by Gasteiger charge is 2.40. The SMILES string of the molecule is CCCCCNC(=O)C1CC(C)CC1C(=O)O. The minimum atomic E-state index is -0.831. The Bertz CT molecular complexity index is 278. The second kappa shape index (κ2) is 6.62. The number of carboxylic acid groups (broad SMARTS) is 1. The second-order valence-electron chi connectivity index (χ2n) is 5.13. The highest BCUT2D eigenvalue weighted by molar-refractivity contribution is 5.85. The van der Waals surface area contributed by atoms with Gasteiger partial charge < -0.3 is 10.4 Å². The third-order valence-corrected chi connectivity index (χ3v) is 3.53. The lowest BCUT2D eigenvalue weighted by molar-refractivity contribution is -0.146. The number of aliphatic carboxylic acids is 1. The number of hydrogen-bond donors (Lipinski definition) is 2. The molecular formula is C13H23NO3. The lowest BCUT2D eigenvalue weighted by atomic mass is 9.95. The van der Waals surface area contributed by atoms with Crippen molar-refractivity contribution in [2.24, 2.45) is 17.8 Å². The number of unbranched alkanes of at least 4 members (excludes halogenated alkanes) is 2. The van der Waals surface area contributed by atoms with Gasteiger partial charge in [0.15, 0.2) is 0 Å². The predicted octanol–water partition coefficient (Wildman–Crippen LogP) is 2.04. The van der Waals surface area contributed by atoms with Crippen LogP contribution in [0.3, 0.4) is 0 Å². The quantitative estimate of drug-likeness (QED) is 0.699. The Hall–Kier alpha value is -1.06. The molecule has 0 spiro atoms. The van der Waals surface area contributed by atoms with E-state index in [1.165, 1.54) is 0 Å². The van der Waals surface area contributed by atoms with Crippen LogP contribution >= 0.6 is 0 Å². The first-order chi connectivity index (χ1) is 8.06. The molecule has 0 heterocycles. The molecule has 3 unspecified atom stereocenters. The average molecular weight is 241 g/mol. The maximum Gasteiger partial charge on any atom is 0.307 e. The molecule has 17 heavy (non-hydrogen) atoms. The molecule has 0 radical (unpaired) electrons. The summed E-state index contributed by atoms with van der Waals surface area (Å²) in [7, 11) is 0. The molecule has 0 aromatic heterocycles. The first-order valence-electron chi connectivity index (χ1n) is 6.56. The Kier molecular flexibility index (Phi) is 5.45. The summed E-state index contributed by atoms with van der Waals surface area (Å²) in [6.45, 7) is 4.80. The summed E-state index contributed by atoms with van der Waals surface area (Å²) >= 11 is 0. The maximum atomic E-state index is 11.9. The lowest BCUT2D eigenvalue weighted by Gasteiger charge is -2.15. The van der Waals surface area contributed by atoms with Crippen molar-refractivity contribution in [2.45, 2.75) is 46.0 Å². The van der Waals surface area contributed by atoms with E-state index in [1.54, 1.807) is 0 Å². The number of amides is 1. The lowest BCUT2D eigenvalue weighted by Crippen LogP contribution is -2.35. The Labute approximate surface area is 103 Å². The van der Waals surface area contributed by atoms with Gasteiger partial charge in [0.1, 0.15) is 0 Å². The molecule has 0 bridgehead atoms. The fourth-order valence-corrected chi connectivity index (χ4v) is 2.57. The zero-order chi connectivity index (χ0) is 12.8. The van der Waals surface area contributed by atoms with Crippen LogP contribution in [0.5, 0.6) is 0 Å². The number of carbonyl (C=O) groups excluding carboxylic acids is 1. The molecule has 0 aliphatic heterocycles. The van der Waals surface area contributed by atoms with Gasteiger partial charge in [0, 0.05) is 6.54 Å². The van der Waals surface area contributed by atoms with E-state index >= 15 is 0 Å². The van der Waals surface area contributed by atoms with Gasteiger partial charge in [-0.2, -0.15) is 0 Å². The number of carboxylic acids is 1. The zero-order valence-corrected chi connectivity index (χ0v) is 10.7. The van der Waals surface area contributed by atoms with Gasteiger partial charge in [0.05, 0.1) is 11.8 Å². The van der Waals surface area contributed by atoms with E-state index in [2.05, 4.69) is 12.2 Å². The molecular weight excluding hydrogens is 218 g/mol. The van der Waals surface area contributed by atoms with E-state index < -0.39 is 11.9 Å². The van der Waals surface area contributed by atoms with Crippen LogP contribution in [0, 0.1) is 17.8 Å². The number of rotatable bonds is 6. The van der Waals surface area contributed by atoms with E-state index in [1.807, 2.05) is 6.92 Å². The normalized spacial score (nSPS) is 28.0. The molecule has 0 aromatic rings. The highest BCUT2D eigenvalue weighted by Crippen LogP contribution is 2.36. The summed E-state index contributed by atoms with van der Waals surface area (Å²) in [5.74, 6) is -1.39. The summed E-state index contributed by atoms with van der Waals surface area (Å²) in [5, 5.41) is 11.9. The van der Waals surface area contributed by atoms with E-state index in [0.29, 0.717) is 25.3 Å². The fourth-order valence-electron chi connectivity index (χ4n) is 2.57. The maximum absolute atomic E-state index is 11.9. The van der Waals surface area contributed by atoms with Gasteiger partial charge in [-0.15, -0.1) is 0 Å². The summed E-state index contributed by atoms with van der Waals surface area (Å²) < 4.78 is 0. The van der Waals surface area contributed by atoms with Gasteiger partial charge >= 0.3 is 5.97 Å². The zero-order valence-electron chi connectivity index (χ0n) is 10.7. The standard InChI is InChI=1S/C13H23NO3/c1-3-4-5-6-14-12(15)10-7-9(2)8-11(10)13(16)17/h9-11H,3-8H2,1-2H3,(H,14,15)(H,16,17). The molecule has 1 saturated carbocycles. The summed E-state index contributed by atoms with van der Waals surface area (Å²) in [6, 6.07) is 0. The molecule has 0 aromatic carbocycles.